The average molecular weight is 479 g/mol. The second-order valence-electron chi connectivity index (χ2n) is 9.40. The van der Waals surface area contributed by atoms with E-state index in [9.17, 15) is 14.4 Å². The van der Waals surface area contributed by atoms with E-state index in [2.05, 4.69) is 34.9 Å². The van der Waals surface area contributed by atoms with Crippen molar-refractivity contribution in [2.75, 3.05) is 19.7 Å². The van der Waals surface area contributed by atoms with Crippen molar-refractivity contribution in [3.05, 3.63) is 71.3 Å². The third kappa shape index (κ3) is 7.18. The first-order chi connectivity index (χ1) is 16.8. The van der Waals surface area contributed by atoms with Gasteiger partial charge < -0.3 is 20.5 Å². The van der Waals surface area contributed by atoms with Crippen molar-refractivity contribution >= 4 is 18.0 Å². The summed E-state index contributed by atoms with van der Waals surface area (Å²) < 4.78 is 5.50. The molecule has 0 spiro atoms. The zero-order chi connectivity index (χ0) is 25.4. The van der Waals surface area contributed by atoms with Gasteiger partial charge in [-0.15, -0.1) is 0 Å². The maximum Gasteiger partial charge on any atom is 0.407 e. The molecule has 0 heterocycles. The van der Waals surface area contributed by atoms with Crippen molar-refractivity contribution < 1.29 is 24.2 Å². The van der Waals surface area contributed by atoms with Crippen LogP contribution in [0.4, 0.5) is 4.79 Å². The first kappa shape index (κ1) is 26.0. The predicted octanol–water partition coefficient (Wildman–Crippen LogP) is 4.72. The number of rotatable bonds is 11. The maximum absolute atomic E-state index is 12.4. The summed E-state index contributed by atoms with van der Waals surface area (Å²) in [5.74, 6) is -0.943. The van der Waals surface area contributed by atoms with Gasteiger partial charge in [-0.05, 0) is 47.4 Å². The maximum atomic E-state index is 12.4. The normalized spacial score (nSPS) is 13.7. The first-order valence-electron chi connectivity index (χ1n) is 12.0. The molecule has 3 N–H and O–H groups in total. The fourth-order valence-corrected chi connectivity index (χ4v) is 4.56. The summed E-state index contributed by atoms with van der Waals surface area (Å²) in [6.07, 6.45) is 1.81. The molecule has 186 valence electrons. The van der Waals surface area contributed by atoms with Crippen LogP contribution in [0.2, 0.25) is 0 Å². The largest absolute Gasteiger partial charge is 0.481 e. The molecule has 0 aromatic heterocycles. The highest BCUT2D eigenvalue weighted by molar-refractivity contribution is 5.92. The van der Waals surface area contributed by atoms with E-state index in [0.29, 0.717) is 18.0 Å². The summed E-state index contributed by atoms with van der Waals surface area (Å²) in [5, 5.41) is 14.5. The number of benzene rings is 2. The fraction of sp³-hybridized carbons (Fsp3) is 0.393. The van der Waals surface area contributed by atoms with Gasteiger partial charge in [0, 0.05) is 31.0 Å². The monoisotopic (exact) mass is 478 g/mol. The standard InChI is InChI=1S/C28H34N2O5/c1-18(2)14-20(15-26(31)32)16-30-27(33)19(3)12-13-29-28(34)35-17-25-23-10-6-4-8-21(23)22-9-5-7-11-24(22)25/h4-12,18,20,25H,13-17H2,1-3H3,(H,29,34)(H,30,33)(H,31,32)/b19-12+/t20-/m0/s1. The van der Waals surface area contributed by atoms with Gasteiger partial charge in [0.1, 0.15) is 6.61 Å². The van der Waals surface area contributed by atoms with E-state index in [1.807, 2.05) is 38.1 Å². The number of carboxylic acids is 1. The molecule has 0 saturated carbocycles. The van der Waals surface area contributed by atoms with E-state index < -0.39 is 12.1 Å². The number of hydrogen-bond donors (Lipinski definition) is 3. The minimum absolute atomic E-state index is 0.0132. The number of nitrogens with one attached hydrogen (secondary N) is 2. The summed E-state index contributed by atoms with van der Waals surface area (Å²) in [4.78, 5) is 35.7. The summed E-state index contributed by atoms with van der Waals surface area (Å²) in [6, 6.07) is 16.3. The minimum Gasteiger partial charge on any atom is -0.481 e. The van der Waals surface area contributed by atoms with E-state index in [1.165, 1.54) is 11.1 Å². The van der Waals surface area contributed by atoms with E-state index in [4.69, 9.17) is 9.84 Å². The third-order valence-electron chi connectivity index (χ3n) is 6.18. The molecule has 2 aromatic carbocycles. The van der Waals surface area contributed by atoms with Gasteiger partial charge in [0.25, 0.3) is 0 Å². The molecule has 0 saturated heterocycles. The van der Waals surface area contributed by atoms with Crippen molar-refractivity contribution in [2.24, 2.45) is 11.8 Å². The van der Waals surface area contributed by atoms with Crippen LogP contribution in [0.5, 0.6) is 0 Å². The van der Waals surface area contributed by atoms with Crippen molar-refractivity contribution in [3.8, 4) is 11.1 Å². The van der Waals surface area contributed by atoms with E-state index in [0.717, 1.165) is 17.5 Å². The number of amides is 2. The van der Waals surface area contributed by atoms with Crippen LogP contribution in [0.3, 0.4) is 0 Å². The predicted molar refractivity (Wildman–Crippen MR) is 135 cm³/mol. The van der Waals surface area contributed by atoms with Crippen molar-refractivity contribution in [1.82, 2.24) is 10.6 Å². The Morgan fingerprint density at radius 1 is 1.00 bits per heavy atom. The molecule has 1 atom stereocenters. The third-order valence-corrected chi connectivity index (χ3v) is 6.18. The van der Waals surface area contributed by atoms with Crippen LogP contribution >= 0.6 is 0 Å². The van der Waals surface area contributed by atoms with Gasteiger partial charge in [-0.1, -0.05) is 68.5 Å². The van der Waals surface area contributed by atoms with Crippen molar-refractivity contribution in [1.29, 1.82) is 0 Å². The molecule has 2 aromatic rings. The number of alkyl carbamates (subject to hydrolysis) is 1. The Balaban J connectivity index is 1.46. The van der Waals surface area contributed by atoms with Crippen LogP contribution < -0.4 is 10.6 Å². The molecule has 7 heteroatoms. The van der Waals surface area contributed by atoms with E-state index in [1.54, 1.807) is 13.0 Å². The highest BCUT2D eigenvalue weighted by Crippen LogP contribution is 2.44. The Kier molecular flexibility index (Phi) is 9.06. The lowest BCUT2D eigenvalue weighted by molar-refractivity contribution is -0.138. The van der Waals surface area contributed by atoms with Gasteiger partial charge in [-0.2, -0.15) is 0 Å². The molecule has 0 aliphatic heterocycles. The second kappa shape index (κ2) is 12.2. The lowest BCUT2D eigenvalue weighted by Gasteiger charge is -2.18. The second-order valence-corrected chi connectivity index (χ2v) is 9.40. The SMILES string of the molecule is C/C(=C\CNC(=O)OCC1c2ccccc2-c2ccccc21)C(=O)NC[C@H](CC(=O)O)CC(C)C. The Morgan fingerprint density at radius 2 is 1.60 bits per heavy atom. The van der Waals surface area contributed by atoms with Crippen LogP contribution in [0.1, 0.15) is 50.7 Å². The molecule has 35 heavy (non-hydrogen) atoms. The Morgan fingerprint density at radius 3 is 2.17 bits per heavy atom. The molecule has 2 amide bonds. The topological polar surface area (TPSA) is 105 Å². The molecule has 0 bridgehead atoms. The van der Waals surface area contributed by atoms with Crippen LogP contribution in [0.25, 0.3) is 11.1 Å². The minimum atomic E-state index is -0.871. The number of hydrogen-bond acceptors (Lipinski definition) is 4. The van der Waals surface area contributed by atoms with Crippen LogP contribution in [0, 0.1) is 11.8 Å². The zero-order valence-electron chi connectivity index (χ0n) is 20.5. The molecule has 0 fully saturated rings. The lowest BCUT2D eigenvalue weighted by atomic mass is 9.94. The van der Waals surface area contributed by atoms with Crippen molar-refractivity contribution in [2.45, 2.75) is 39.5 Å². The number of aliphatic carboxylic acids is 1. The van der Waals surface area contributed by atoms with Crippen LogP contribution in [-0.4, -0.2) is 42.8 Å². The highest BCUT2D eigenvalue weighted by Gasteiger charge is 2.28. The van der Waals surface area contributed by atoms with Gasteiger partial charge in [-0.3, -0.25) is 9.59 Å². The molecule has 0 radical (unpaired) electrons. The molecule has 1 aliphatic rings. The van der Waals surface area contributed by atoms with Gasteiger partial charge in [0.05, 0.1) is 0 Å². The number of carbonyl (C=O) groups is 3. The molecule has 7 nitrogen and oxygen atoms in total. The summed E-state index contributed by atoms with van der Waals surface area (Å²) in [5.41, 5.74) is 5.07. The van der Waals surface area contributed by atoms with Gasteiger partial charge in [0.15, 0.2) is 0 Å². The Hall–Kier alpha value is -3.61. The van der Waals surface area contributed by atoms with Crippen LogP contribution in [-0.2, 0) is 14.3 Å². The molecule has 1 aliphatic carbocycles. The quantitative estimate of drug-likeness (QED) is 0.405. The summed E-state index contributed by atoms with van der Waals surface area (Å²) >= 11 is 0. The number of carboxylic acid groups (broad SMARTS) is 1. The Labute approximate surface area is 206 Å². The number of ether oxygens (including phenoxy) is 1. The smallest absolute Gasteiger partial charge is 0.407 e. The molecule has 0 unspecified atom stereocenters. The summed E-state index contributed by atoms with van der Waals surface area (Å²) in [7, 11) is 0. The van der Waals surface area contributed by atoms with Crippen LogP contribution in [0.15, 0.2) is 60.2 Å². The zero-order valence-corrected chi connectivity index (χ0v) is 20.5. The van der Waals surface area contributed by atoms with E-state index >= 15 is 0 Å². The Bertz CT molecular complexity index is 1050. The van der Waals surface area contributed by atoms with E-state index in [-0.39, 0.29) is 37.3 Å². The fourth-order valence-electron chi connectivity index (χ4n) is 4.56. The lowest BCUT2D eigenvalue weighted by Crippen LogP contribution is -2.32. The van der Waals surface area contributed by atoms with Gasteiger partial charge in [0.2, 0.25) is 5.91 Å². The number of carbonyl (C=O) groups excluding carboxylic acids is 2. The molecular formula is C28H34N2O5. The van der Waals surface area contributed by atoms with Crippen molar-refractivity contribution in [3.63, 3.8) is 0 Å². The first-order valence-corrected chi connectivity index (χ1v) is 12.0. The summed E-state index contributed by atoms with van der Waals surface area (Å²) in [6.45, 7) is 6.38. The molecular weight excluding hydrogens is 444 g/mol. The average Bonchev–Trinajstić information content (AvgIpc) is 3.14. The molecule has 3 rings (SSSR count). The number of fused-ring (bicyclic) bond motifs is 3. The van der Waals surface area contributed by atoms with Gasteiger partial charge >= 0.3 is 12.1 Å². The van der Waals surface area contributed by atoms with Gasteiger partial charge in [-0.25, -0.2) is 4.79 Å². The highest BCUT2D eigenvalue weighted by atomic mass is 16.5.